The lowest BCUT2D eigenvalue weighted by atomic mass is 10.0. The second kappa shape index (κ2) is 6.21. The molecule has 0 aromatic heterocycles. The van der Waals surface area contributed by atoms with Crippen LogP contribution in [0.1, 0.15) is 40.5 Å². The Morgan fingerprint density at radius 2 is 2.00 bits per heavy atom. The topological polar surface area (TPSA) is 0 Å². The van der Waals surface area contributed by atoms with E-state index in [4.69, 9.17) is 0 Å². The molecule has 0 spiro atoms. The van der Waals surface area contributed by atoms with Crippen LogP contribution >= 0.6 is 0 Å². The van der Waals surface area contributed by atoms with E-state index in [0.717, 1.165) is 5.92 Å². The summed E-state index contributed by atoms with van der Waals surface area (Å²) in [6.07, 6.45) is 9.19. The molecule has 0 heterocycles. The lowest BCUT2D eigenvalue weighted by Gasteiger charge is -2.02. The highest BCUT2D eigenvalue weighted by atomic mass is 14.0. The Bertz CT molecular complexity index is 136. The molecule has 0 aliphatic rings. The van der Waals surface area contributed by atoms with Gasteiger partial charge in [0, 0.05) is 0 Å². The van der Waals surface area contributed by atoms with E-state index < -0.39 is 0 Å². The normalized spacial score (nSPS) is 13.5. The van der Waals surface area contributed by atoms with Crippen LogP contribution in [0, 0.1) is 5.92 Å². The fraction of sp³-hybridized carbons (Fsp3) is 0.636. The van der Waals surface area contributed by atoms with Crippen LogP contribution in [0.2, 0.25) is 0 Å². The minimum absolute atomic E-state index is 0.732. The summed E-state index contributed by atoms with van der Waals surface area (Å²) in [5, 5.41) is 0. The van der Waals surface area contributed by atoms with Gasteiger partial charge in [-0.05, 0) is 39.5 Å². The molecule has 0 N–H and O–H groups in total. The highest BCUT2D eigenvalue weighted by molar-refractivity contribution is 4.94. The second-order valence-corrected chi connectivity index (χ2v) is 3.36. The molecule has 0 saturated carbocycles. The van der Waals surface area contributed by atoms with Gasteiger partial charge in [-0.15, -0.1) is 0 Å². The maximum absolute atomic E-state index is 2.31. The molecule has 1 unspecified atom stereocenters. The van der Waals surface area contributed by atoms with Crippen molar-refractivity contribution in [2.45, 2.75) is 40.5 Å². The SMILES string of the molecule is C/C=C/C(C)CCC=C(C)C. The van der Waals surface area contributed by atoms with E-state index in [-0.39, 0.29) is 0 Å². The fourth-order valence-electron chi connectivity index (χ4n) is 1.06. The molecule has 0 fully saturated rings. The summed E-state index contributed by atoms with van der Waals surface area (Å²) < 4.78 is 0. The van der Waals surface area contributed by atoms with Crippen LogP contribution in [-0.2, 0) is 0 Å². The van der Waals surface area contributed by atoms with Gasteiger partial charge in [-0.2, -0.15) is 0 Å². The van der Waals surface area contributed by atoms with Gasteiger partial charge in [0.2, 0.25) is 0 Å². The number of rotatable bonds is 4. The van der Waals surface area contributed by atoms with Crippen molar-refractivity contribution in [2.75, 3.05) is 0 Å². The van der Waals surface area contributed by atoms with Crippen LogP contribution in [0.25, 0.3) is 0 Å². The lowest BCUT2D eigenvalue weighted by Crippen LogP contribution is -1.87. The maximum Gasteiger partial charge on any atom is -0.0259 e. The van der Waals surface area contributed by atoms with Crippen LogP contribution in [0.3, 0.4) is 0 Å². The van der Waals surface area contributed by atoms with E-state index in [9.17, 15) is 0 Å². The van der Waals surface area contributed by atoms with Crippen molar-refractivity contribution in [3.8, 4) is 0 Å². The van der Waals surface area contributed by atoms with Crippen molar-refractivity contribution >= 4 is 0 Å². The zero-order valence-corrected chi connectivity index (χ0v) is 8.22. The summed E-state index contributed by atoms with van der Waals surface area (Å²) >= 11 is 0. The molecule has 64 valence electrons. The van der Waals surface area contributed by atoms with E-state index in [1.165, 1.54) is 18.4 Å². The average Bonchev–Trinajstić information content (AvgIpc) is 1.87. The molecule has 0 nitrogen and oxygen atoms in total. The van der Waals surface area contributed by atoms with E-state index in [2.05, 4.69) is 45.9 Å². The van der Waals surface area contributed by atoms with Crippen molar-refractivity contribution < 1.29 is 0 Å². The minimum atomic E-state index is 0.732. The van der Waals surface area contributed by atoms with Crippen LogP contribution < -0.4 is 0 Å². The van der Waals surface area contributed by atoms with Gasteiger partial charge in [-0.25, -0.2) is 0 Å². The summed E-state index contributed by atoms with van der Waals surface area (Å²) in [6, 6.07) is 0. The number of hydrogen-bond acceptors (Lipinski definition) is 0. The highest BCUT2D eigenvalue weighted by Gasteiger charge is 1.93. The molecule has 0 aliphatic carbocycles. The molecule has 0 saturated heterocycles. The Labute approximate surface area is 71.0 Å². The third-order valence-electron chi connectivity index (χ3n) is 1.70. The monoisotopic (exact) mass is 152 g/mol. The van der Waals surface area contributed by atoms with Gasteiger partial charge < -0.3 is 0 Å². The van der Waals surface area contributed by atoms with Gasteiger partial charge in [0.1, 0.15) is 0 Å². The highest BCUT2D eigenvalue weighted by Crippen LogP contribution is 2.08. The second-order valence-electron chi connectivity index (χ2n) is 3.36. The van der Waals surface area contributed by atoms with Gasteiger partial charge in [0.15, 0.2) is 0 Å². The molecule has 0 radical (unpaired) electrons. The molecular formula is C11H20. The number of hydrogen-bond donors (Lipinski definition) is 0. The van der Waals surface area contributed by atoms with Crippen LogP contribution in [0.4, 0.5) is 0 Å². The summed E-state index contributed by atoms with van der Waals surface area (Å²) in [7, 11) is 0. The lowest BCUT2D eigenvalue weighted by molar-refractivity contribution is 0.655. The van der Waals surface area contributed by atoms with E-state index in [0.29, 0.717) is 0 Å². The standard InChI is InChI=1S/C11H20/c1-5-7-11(4)9-6-8-10(2)3/h5,7-8,11H,6,9H2,1-4H3/b7-5+. The van der Waals surface area contributed by atoms with Gasteiger partial charge in [-0.1, -0.05) is 30.7 Å². The molecule has 0 aromatic carbocycles. The molecule has 0 rings (SSSR count). The van der Waals surface area contributed by atoms with E-state index >= 15 is 0 Å². The Morgan fingerprint density at radius 1 is 1.36 bits per heavy atom. The zero-order valence-electron chi connectivity index (χ0n) is 8.22. The first-order chi connectivity index (χ1) is 5.16. The third-order valence-corrected chi connectivity index (χ3v) is 1.70. The Morgan fingerprint density at radius 3 is 2.45 bits per heavy atom. The maximum atomic E-state index is 2.31. The van der Waals surface area contributed by atoms with Crippen molar-refractivity contribution in [2.24, 2.45) is 5.92 Å². The average molecular weight is 152 g/mol. The van der Waals surface area contributed by atoms with Gasteiger partial charge in [0.05, 0.1) is 0 Å². The zero-order chi connectivity index (χ0) is 8.69. The van der Waals surface area contributed by atoms with E-state index in [1.54, 1.807) is 0 Å². The predicted molar refractivity (Wildman–Crippen MR) is 52.6 cm³/mol. The largest absolute Gasteiger partial charge is 0.0914 e. The quantitative estimate of drug-likeness (QED) is 0.535. The van der Waals surface area contributed by atoms with Crippen molar-refractivity contribution in [1.29, 1.82) is 0 Å². The summed E-state index contributed by atoms with van der Waals surface area (Å²) in [5.74, 6) is 0.732. The van der Waals surface area contributed by atoms with E-state index in [1.807, 2.05) is 0 Å². The van der Waals surface area contributed by atoms with Gasteiger partial charge in [0.25, 0.3) is 0 Å². The van der Waals surface area contributed by atoms with Gasteiger partial charge >= 0.3 is 0 Å². The Balaban J connectivity index is 3.46. The van der Waals surface area contributed by atoms with Crippen LogP contribution in [-0.4, -0.2) is 0 Å². The molecule has 0 heteroatoms. The molecular weight excluding hydrogens is 132 g/mol. The predicted octanol–water partition coefficient (Wildman–Crippen LogP) is 3.95. The molecule has 0 bridgehead atoms. The van der Waals surface area contributed by atoms with Crippen LogP contribution in [0.15, 0.2) is 23.8 Å². The molecule has 0 amide bonds. The summed E-state index contributed by atoms with van der Waals surface area (Å²) in [5.41, 5.74) is 1.43. The number of allylic oxidation sites excluding steroid dienone is 4. The minimum Gasteiger partial charge on any atom is -0.0914 e. The first-order valence-electron chi connectivity index (χ1n) is 4.43. The Hall–Kier alpha value is -0.520. The molecule has 0 aromatic rings. The Kier molecular flexibility index (Phi) is 5.91. The third kappa shape index (κ3) is 7.38. The van der Waals surface area contributed by atoms with Crippen molar-refractivity contribution in [1.82, 2.24) is 0 Å². The van der Waals surface area contributed by atoms with Crippen molar-refractivity contribution in [3.05, 3.63) is 23.8 Å². The first-order valence-corrected chi connectivity index (χ1v) is 4.43. The van der Waals surface area contributed by atoms with Gasteiger partial charge in [-0.3, -0.25) is 0 Å². The summed E-state index contributed by atoms with van der Waals surface area (Å²) in [6.45, 7) is 8.65. The first kappa shape index (κ1) is 10.5. The molecule has 1 atom stereocenters. The molecule has 0 aliphatic heterocycles. The van der Waals surface area contributed by atoms with Crippen LogP contribution in [0.5, 0.6) is 0 Å². The summed E-state index contributed by atoms with van der Waals surface area (Å²) in [4.78, 5) is 0. The smallest absolute Gasteiger partial charge is 0.0259 e. The van der Waals surface area contributed by atoms with Crippen molar-refractivity contribution in [3.63, 3.8) is 0 Å². The fourth-order valence-corrected chi connectivity index (χ4v) is 1.06. The molecule has 11 heavy (non-hydrogen) atoms.